The quantitative estimate of drug-likeness (QED) is 0.695. The van der Waals surface area contributed by atoms with Crippen molar-refractivity contribution in [2.75, 3.05) is 0 Å². The molecule has 0 aromatic carbocycles. The summed E-state index contributed by atoms with van der Waals surface area (Å²) in [6, 6.07) is 0. The van der Waals surface area contributed by atoms with Crippen LogP contribution in [-0.4, -0.2) is 4.83 Å². The summed E-state index contributed by atoms with van der Waals surface area (Å²) in [4.78, 5) is 0.479. The van der Waals surface area contributed by atoms with E-state index in [0.717, 1.165) is 3.74 Å². The van der Waals surface area contributed by atoms with Crippen molar-refractivity contribution < 1.29 is 0 Å². The molecule has 0 aliphatic carbocycles. The summed E-state index contributed by atoms with van der Waals surface area (Å²) in [7, 11) is 0. The normalized spacial score (nSPS) is 14.6. The molecule has 0 fully saturated rings. The highest BCUT2D eigenvalue weighted by atomic mass is 79.9. The second-order valence-electron chi connectivity index (χ2n) is 1.55. The van der Waals surface area contributed by atoms with Crippen LogP contribution in [0.1, 0.15) is 19.8 Å². The van der Waals surface area contributed by atoms with Crippen LogP contribution in [0.5, 0.6) is 0 Å². The first-order valence-electron chi connectivity index (χ1n) is 2.50. The lowest BCUT2D eigenvalue weighted by atomic mass is 10.3. The summed E-state index contributed by atoms with van der Waals surface area (Å²) < 4.78 is 1.10. The first-order chi connectivity index (χ1) is 3.68. The van der Waals surface area contributed by atoms with Crippen LogP contribution >= 0.6 is 47.8 Å². The van der Waals surface area contributed by atoms with E-state index in [4.69, 9.17) is 0 Å². The Morgan fingerprint density at radius 1 is 1.50 bits per heavy atom. The predicted octanol–water partition coefficient (Wildman–Crippen LogP) is 3.83. The van der Waals surface area contributed by atoms with E-state index >= 15 is 0 Å². The van der Waals surface area contributed by atoms with Gasteiger partial charge >= 0.3 is 0 Å². The molecule has 49 valence electrons. The second-order valence-corrected chi connectivity index (χ2v) is 5.42. The van der Waals surface area contributed by atoms with Crippen LogP contribution in [0.15, 0.2) is 0 Å². The average Bonchev–Trinajstić information content (AvgIpc) is 1.67. The van der Waals surface area contributed by atoms with Crippen LogP contribution in [0, 0.1) is 3.74 Å². The maximum absolute atomic E-state index is 3.47. The van der Waals surface area contributed by atoms with Gasteiger partial charge in [0, 0.05) is 4.83 Å². The molecule has 0 aromatic heterocycles. The fourth-order valence-corrected chi connectivity index (χ4v) is 1.28. The van der Waals surface area contributed by atoms with Crippen LogP contribution in [-0.2, 0) is 0 Å². The molecule has 8 heavy (non-hydrogen) atoms. The number of halogens is 3. The maximum atomic E-state index is 3.47. The summed E-state index contributed by atoms with van der Waals surface area (Å²) in [5, 5.41) is 0. The first kappa shape index (κ1) is 9.44. The fourth-order valence-electron chi connectivity index (χ4n) is 0.363. The largest absolute Gasteiger partial charge is 0.119 e. The van der Waals surface area contributed by atoms with Crippen molar-refractivity contribution in [2.45, 2.75) is 24.6 Å². The van der Waals surface area contributed by atoms with Gasteiger partial charge in [-0.3, -0.25) is 0 Å². The standard InChI is InChI=1S/C5H8Br3/c1-2-3-4(6)5(7)8/h4H,2-3H2,1H3. The van der Waals surface area contributed by atoms with Gasteiger partial charge in [-0.05, 0) is 6.42 Å². The minimum atomic E-state index is 0.479. The molecule has 0 amide bonds. The van der Waals surface area contributed by atoms with E-state index in [-0.39, 0.29) is 0 Å². The van der Waals surface area contributed by atoms with Gasteiger partial charge in [0.25, 0.3) is 0 Å². The second kappa shape index (κ2) is 5.24. The van der Waals surface area contributed by atoms with Gasteiger partial charge in [-0.15, -0.1) is 0 Å². The van der Waals surface area contributed by atoms with E-state index in [1.807, 2.05) is 0 Å². The molecule has 0 rings (SSSR count). The molecular formula is C5H8Br3. The van der Waals surface area contributed by atoms with Gasteiger partial charge in [0.05, 0.1) is 0 Å². The lowest BCUT2D eigenvalue weighted by molar-refractivity contribution is 0.825. The van der Waals surface area contributed by atoms with Gasteiger partial charge in [-0.2, -0.15) is 0 Å². The van der Waals surface area contributed by atoms with Gasteiger partial charge < -0.3 is 0 Å². The Bertz CT molecular complexity index is 53.6. The highest BCUT2D eigenvalue weighted by molar-refractivity contribution is 9.28. The molecule has 0 N–H and O–H groups in total. The van der Waals surface area contributed by atoms with E-state index < -0.39 is 0 Å². The summed E-state index contributed by atoms with van der Waals surface area (Å²) in [6.45, 7) is 2.16. The Labute approximate surface area is 75.8 Å². The van der Waals surface area contributed by atoms with Crippen molar-refractivity contribution in [3.8, 4) is 0 Å². The van der Waals surface area contributed by atoms with Crippen molar-refractivity contribution in [2.24, 2.45) is 0 Å². The van der Waals surface area contributed by atoms with Crippen LogP contribution in [0.25, 0.3) is 0 Å². The summed E-state index contributed by atoms with van der Waals surface area (Å²) in [6.07, 6.45) is 2.38. The highest BCUT2D eigenvalue weighted by Gasteiger charge is 2.10. The predicted molar refractivity (Wildman–Crippen MR) is 48.7 cm³/mol. The van der Waals surface area contributed by atoms with Crippen LogP contribution in [0.4, 0.5) is 0 Å². The molecular weight excluding hydrogens is 300 g/mol. The van der Waals surface area contributed by atoms with E-state index in [0.29, 0.717) is 4.83 Å². The number of hydrogen-bond acceptors (Lipinski definition) is 0. The number of alkyl halides is 1. The molecule has 1 atom stereocenters. The van der Waals surface area contributed by atoms with Crippen LogP contribution in [0.3, 0.4) is 0 Å². The molecule has 0 nitrogen and oxygen atoms in total. The molecule has 3 heteroatoms. The minimum absolute atomic E-state index is 0.479. The van der Waals surface area contributed by atoms with Crippen molar-refractivity contribution >= 4 is 47.8 Å². The van der Waals surface area contributed by atoms with Crippen molar-refractivity contribution in [3.05, 3.63) is 3.74 Å². The molecule has 1 radical (unpaired) electrons. The molecule has 0 bridgehead atoms. The van der Waals surface area contributed by atoms with Crippen molar-refractivity contribution in [1.82, 2.24) is 0 Å². The lowest BCUT2D eigenvalue weighted by Crippen LogP contribution is -1.97. The third-order valence-corrected chi connectivity index (χ3v) is 4.03. The van der Waals surface area contributed by atoms with E-state index in [9.17, 15) is 0 Å². The van der Waals surface area contributed by atoms with Gasteiger partial charge in [0.2, 0.25) is 0 Å². The zero-order valence-electron chi connectivity index (χ0n) is 4.63. The van der Waals surface area contributed by atoms with Gasteiger partial charge in [-0.1, -0.05) is 61.1 Å². The molecule has 0 aromatic rings. The summed E-state index contributed by atoms with van der Waals surface area (Å²) in [5.41, 5.74) is 0. The zero-order chi connectivity index (χ0) is 6.57. The van der Waals surface area contributed by atoms with Crippen molar-refractivity contribution in [1.29, 1.82) is 0 Å². The topological polar surface area (TPSA) is 0 Å². The molecule has 0 heterocycles. The average molecular weight is 308 g/mol. The third-order valence-electron chi connectivity index (χ3n) is 0.779. The Morgan fingerprint density at radius 2 is 2.00 bits per heavy atom. The first-order valence-corrected chi connectivity index (χ1v) is 5.00. The van der Waals surface area contributed by atoms with Gasteiger partial charge in [0.15, 0.2) is 0 Å². The van der Waals surface area contributed by atoms with Gasteiger partial charge in [-0.25, -0.2) is 0 Å². The monoisotopic (exact) mass is 305 g/mol. The molecule has 0 aliphatic heterocycles. The van der Waals surface area contributed by atoms with Gasteiger partial charge in [0.1, 0.15) is 3.74 Å². The third kappa shape index (κ3) is 4.33. The van der Waals surface area contributed by atoms with Crippen LogP contribution < -0.4 is 0 Å². The highest BCUT2D eigenvalue weighted by Crippen LogP contribution is 2.31. The maximum Gasteiger partial charge on any atom is 0.119 e. The zero-order valence-corrected chi connectivity index (χ0v) is 9.38. The van der Waals surface area contributed by atoms with E-state index in [1.165, 1.54) is 12.8 Å². The SMILES string of the molecule is CCCC(Br)[C](Br)Br. The molecule has 1 unspecified atom stereocenters. The summed E-state index contributed by atoms with van der Waals surface area (Å²) >= 11 is 10.1. The number of hydrogen-bond donors (Lipinski definition) is 0. The van der Waals surface area contributed by atoms with Crippen molar-refractivity contribution in [3.63, 3.8) is 0 Å². The Morgan fingerprint density at radius 3 is 2.12 bits per heavy atom. The Hall–Kier alpha value is 1.44. The Kier molecular flexibility index (Phi) is 6.19. The van der Waals surface area contributed by atoms with Crippen LogP contribution in [0.2, 0.25) is 0 Å². The molecule has 0 aliphatic rings. The molecule has 0 saturated carbocycles. The summed E-state index contributed by atoms with van der Waals surface area (Å²) in [5.74, 6) is 0. The smallest absolute Gasteiger partial charge is 0.0865 e. The minimum Gasteiger partial charge on any atom is -0.0865 e. The lowest BCUT2D eigenvalue weighted by Gasteiger charge is -2.06. The fraction of sp³-hybridized carbons (Fsp3) is 0.800. The number of rotatable bonds is 3. The molecule has 0 saturated heterocycles. The van der Waals surface area contributed by atoms with E-state index in [2.05, 4.69) is 54.7 Å². The van der Waals surface area contributed by atoms with E-state index in [1.54, 1.807) is 0 Å². The molecule has 0 spiro atoms. The Balaban J connectivity index is 3.17.